The van der Waals surface area contributed by atoms with Crippen LogP contribution in [0.2, 0.25) is 0 Å². The molecule has 2 unspecified atom stereocenters. The maximum absolute atomic E-state index is 12.1. The lowest BCUT2D eigenvalue weighted by Crippen LogP contribution is -2.57. The molecule has 1 amide bonds. The second-order valence-electron chi connectivity index (χ2n) is 8.15. The van der Waals surface area contributed by atoms with Crippen molar-refractivity contribution in [2.24, 2.45) is 5.41 Å². The second-order valence-corrected chi connectivity index (χ2v) is 8.15. The van der Waals surface area contributed by atoms with Gasteiger partial charge in [0.25, 0.3) is 0 Å². The molecular weight excluding hydrogens is 298 g/mol. The van der Waals surface area contributed by atoms with Gasteiger partial charge >= 0.3 is 12.1 Å². The van der Waals surface area contributed by atoms with Crippen LogP contribution in [0, 0.1) is 5.41 Å². The van der Waals surface area contributed by atoms with Crippen molar-refractivity contribution in [1.82, 2.24) is 5.32 Å². The van der Waals surface area contributed by atoms with E-state index in [0.29, 0.717) is 19.3 Å². The molecule has 0 saturated heterocycles. The van der Waals surface area contributed by atoms with Gasteiger partial charge in [0.05, 0.1) is 5.60 Å². The number of aliphatic hydroxyl groups is 1. The second kappa shape index (κ2) is 5.82. The number of amides is 1. The molecule has 130 valence electrons. The van der Waals surface area contributed by atoms with Crippen LogP contribution >= 0.6 is 0 Å². The zero-order valence-electron chi connectivity index (χ0n) is 14.3. The van der Waals surface area contributed by atoms with Crippen molar-refractivity contribution >= 4 is 12.1 Å². The lowest BCUT2D eigenvalue weighted by atomic mass is 9.59. The Labute approximate surface area is 136 Å². The largest absolute Gasteiger partial charge is 0.480 e. The Kier molecular flexibility index (Phi) is 4.50. The number of hydrogen-bond acceptors (Lipinski definition) is 4. The number of hydrogen-bond donors (Lipinski definition) is 3. The minimum atomic E-state index is -1.09. The summed E-state index contributed by atoms with van der Waals surface area (Å²) in [6.07, 6.45) is 4.41. The number of aliphatic carboxylic acids is 1. The highest BCUT2D eigenvalue weighted by atomic mass is 16.6. The molecule has 1 saturated carbocycles. The third-order valence-corrected chi connectivity index (χ3v) is 4.50. The highest BCUT2D eigenvalue weighted by Crippen LogP contribution is 2.51. The van der Waals surface area contributed by atoms with Gasteiger partial charge in [0.2, 0.25) is 0 Å². The summed E-state index contributed by atoms with van der Waals surface area (Å²) in [5.74, 6) is -1.09. The molecule has 2 rings (SSSR count). The molecule has 3 N–H and O–H groups in total. The van der Waals surface area contributed by atoms with Gasteiger partial charge < -0.3 is 20.3 Å². The van der Waals surface area contributed by atoms with Gasteiger partial charge in [-0.15, -0.1) is 0 Å². The molecule has 0 spiro atoms. The number of fused-ring (bicyclic) bond motifs is 2. The molecule has 2 aliphatic carbocycles. The van der Waals surface area contributed by atoms with E-state index in [4.69, 9.17) is 4.74 Å². The third-order valence-electron chi connectivity index (χ3n) is 4.50. The molecule has 0 aliphatic heterocycles. The summed E-state index contributed by atoms with van der Waals surface area (Å²) in [5.41, 5.74) is -1.34. The first kappa shape index (κ1) is 17.8. The van der Waals surface area contributed by atoms with E-state index in [2.05, 4.69) is 5.32 Å². The average molecular weight is 325 g/mol. The van der Waals surface area contributed by atoms with E-state index < -0.39 is 34.7 Å². The lowest BCUT2D eigenvalue weighted by molar-refractivity contribution is -0.145. The van der Waals surface area contributed by atoms with Gasteiger partial charge in [-0.05, 0) is 59.8 Å². The molecule has 3 atom stereocenters. The van der Waals surface area contributed by atoms with Gasteiger partial charge in [0, 0.05) is 5.41 Å². The van der Waals surface area contributed by atoms with Crippen LogP contribution in [0.4, 0.5) is 4.79 Å². The zero-order valence-corrected chi connectivity index (χ0v) is 14.3. The number of rotatable bonds is 3. The molecule has 2 bridgehead atoms. The van der Waals surface area contributed by atoms with Gasteiger partial charge in [-0.3, -0.25) is 0 Å². The van der Waals surface area contributed by atoms with E-state index in [0.717, 1.165) is 18.4 Å². The van der Waals surface area contributed by atoms with Crippen molar-refractivity contribution in [1.29, 1.82) is 0 Å². The monoisotopic (exact) mass is 325 g/mol. The number of carboxylic acids is 1. The fraction of sp³-hybridized carbons (Fsp3) is 0.765. The van der Waals surface area contributed by atoms with Gasteiger partial charge in [-0.25, -0.2) is 9.59 Å². The normalized spacial score (nSPS) is 31.8. The molecule has 6 heteroatoms. The fourth-order valence-corrected chi connectivity index (χ4v) is 4.02. The van der Waals surface area contributed by atoms with Crippen LogP contribution in [-0.2, 0) is 9.53 Å². The number of carboxylic acid groups (broad SMARTS) is 1. The van der Waals surface area contributed by atoms with Gasteiger partial charge in [0.15, 0.2) is 0 Å². The molecule has 6 nitrogen and oxygen atoms in total. The van der Waals surface area contributed by atoms with Crippen molar-refractivity contribution in [2.45, 2.75) is 77.0 Å². The molecule has 0 radical (unpaired) electrons. The van der Waals surface area contributed by atoms with Crippen LogP contribution in [0.25, 0.3) is 0 Å². The first-order chi connectivity index (χ1) is 10.4. The van der Waals surface area contributed by atoms with Crippen molar-refractivity contribution < 1.29 is 24.5 Å². The van der Waals surface area contributed by atoms with Crippen LogP contribution < -0.4 is 5.32 Å². The van der Waals surface area contributed by atoms with Crippen LogP contribution in [0.5, 0.6) is 0 Å². The molecule has 23 heavy (non-hydrogen) atoms. The average Bonchev–Trinajstić information content (AvgIpc) is 2.31. The van der Waals surface area contributed by atoms with Crippen molar-refractivity contribution in [3.05, 3.63) is 11.6 Å². The minimum Gasteiger partial charge on any atom is -0.480 e. The Morgan fingerprint density at radius 3 is 2.61 bits per heavy atom. The first-order valence-electron chi connectivity index (χ1n) is 8.08. The smallest absolute Gasteiger partial charge is 0.408 e. The number of allylic oxidation sites excluding steroid dienone is 1. The lowest BCUT2D eigenvalue weighted by Gasteiger charge is -2.49. The fourth-order valence-electron chi connectivity index (χ4n) is 4.02. The van der Waals surface area contributed by atoms with E-state index in [1.54, 1.807) is 27.7 Å². The zero-order chi connectivity index (χ0) is 17.5. The molecule has 0 aromatic rings. The van der Waals surface area contributed by atoms with Crippen LogP contribution in [0.15, 0.2) is 11.6 Å². The molecule has 0 aromatic heterocycles. The predicted octanol–water partition coefficient (Wildman–Crippen LogP) is 2.61. The number of ether oxygens (including phenoxy) is 1. The van der Waals surface area contributed by atoms with Crippen molar-refractivity contribution in [3.8, 4) is 0 Å². The summed E-state index contributed by atoms with van der Waals surface area (Å²) in [4.78, 5) is 23.9. The van der Waals surface area contributed by atoms with Gasteiger partial charge in [-0.1, -0.05) is 11.6 Å². The summed E-state index contributed by atoms with van der Waals surface area (Å²) >= 11 is 0. The topological polar surface area (TPSA) is 95.9 Å². The minimum absolute atomic E-state index is 0.316. The van der Waals surface area contributed by atoms with Crippen molar-refractivity contribution in [3.63, 3.8) is 0 Å². The van der Waals surface area contributed by atoms with E-state index in [9.17, 15) is 19.8 Å². The third kappa shape index (κ3) is 4.25. The number of nitrogens with one attached hydrogen (secondary N) is 1. The van der Waals surface area contributed by atoms with Crippen LogP contribution in [-0.4, -0.2) is 39.5 Å². The van der Waals surface area contributed by atoms with Crippen LogP contribution in [0.3, 0.4) is 0 Å². The summed E-state index contributed by atoms with van der Waals surface area (Å²) in [6.45, 7) is 6.88. The number of carbonyl (C=O) groups excluding carboxylic acids is 1. The Bertz CT molecular complexity index is 532. The number of alkyl carbamates (subject to hydrolysis) is 1. The standard InChI is InChI=1S/C17H27NO5/c1-15(2,3)23-14(21)18-12(13(19)20)17-7-5-6-11(9-17)8-16(4,22)10-17/h8,12,22H,5-7,9-10H2,1-4H3,(H,18,21)(H,19,20)/t12-,16?,17?/m1/s1. The first-order valence-corrected chi connectivity index (χ1v) is 8.08. The Morgan fingerprint density at radius 2 is 2.04 bits per heavy atom. The number of carbonyl (C=O) groups is 2. The molecule has 1 fully saturated rings. The highest BCUT2D eigenvalue weighted by molar-refractivity contribution is 5.81. The van der Waals surface area contributed by atoms with E-state index in [1.165, 1.54) is 0 Å². The maximum Gasteiger partial charge on any atom is 0.408 e. The Hall–Kier alpha value is -1.56. The summed E-state index contributed by atoms with van der Waals surface area (Å²) in [7, 11) is 0. The summed E-state index contributed by atoms with van der Waals surface area (Å²) < 4.78 is 5.21. The molecule has 0 aromatic carbocycles. The molecular formula is C17H27NO5. The van der Waals surface area contributed by atoms with Crippen molar-refractivity contribution in [2.75, 3.05) is 0 Å². The Morgan fingerprint density at radius 1 is 1.39 bits per heavy atom. The Balaban J connectivity index is 2.25. The van der Waals surface area contributed by atoms with E-state index >= 15 is 0 Å². The SMILES string of the molecule is CC1(O)C=C2CCCC([C@H](NC(=O)OC(C)(C)C)C(=O)O)(C2)C1. The van der Waals surface area contributed by atoms with Gasteiger partial charge in [0.1, 0.15) is 11.6 Å². The van der Waals surface area contributed by atoms with E-state index in [1.807, 2.05) is 6.08 Å². The molecule has 0 heterocycles. The highest BCUT2D eigenvalue weighted by Gasteiger charge is 2.51. The predicted molar refractivity (Wildman–Crippen MR) is 85.0 cm³/mol. The summed E-state index contributed by atoms with van der Waals surface area (Å²) in [5, 5.41) is 22.7. The molecule has 2 aliphatic rings. The van der Waals surface area contributed by atoms with E-state index in [-0.39, 0.29) is 0 Å². The van der Waals surface area contributed by atoms with Crippen LogP contribution in [0.1, 0.15) is 59.8 Å². The van der Waals surface area contributed by atoms with Gasteiger partial charge in [-0.2, -0.15) is 0 Å². The quantitative estimate of drug-likeness (QED) is 0.693. The summed E-state index contributed by atoms with van der Waals surface area (Å²) in [6, 6.07) is -1.08. The maximum atomic E-state index is 12.1.